The van der Waals surface area contributed by atoms with E-state index >= 15 is 0 Å². The quantitative estimate of drug-likeness (QED) is 0.939. The number of aryl methyl sites for hydroxylation is 1. The Bertz CT molecular complexity index is 685. The molecule has 0 saturated carbocycles. The third-order valence-electron chi connectivity index (χ3n) is 3.71. The Morgan fingerprint density at radius 2 is 1.95 bits per heavy atom. The highest BCUT2D eigenvalue weighted by Gasteiger charge is 2.22. The fraction of sp³-hybridized carbons (Fsp3) is 0.235. The second-order valence-corrected chi connectivity index (χ2v) is 5.18. The molecule has 0 fully saturated rings. The summed E-state index contributed by atoms with van der Waals surface area (Å²) in [5.41, 5.74) is 2.44. The van der Waals surface area contributed by atoms with Crippen molar-refractivity contribution in [2.24, 2.45) is 0 Å². The zero-order chi connectivity index (χ0) is 15.4. The molecule has 0 bridgehead atoms. The second kappa shape index (κ2) is 6.39. The van der Waals surface area contributed by atoms with Crippen LogP contribution in [0.4, 0.5) is 5.69 Å². The topological polar surface area (TPSA) is 62.3 Å². The normalized spacial score (nSPS) is 13.4. The third-order valence-corrected chi connectivity index (χ3v) is 3.71. The molecular formula is C17H17N3O2. The summed E-state index contributed by atoms with van der Waals surface area (Å²) < 4.78 is 0. The highest BCUT2D eigenvalue weighted by molar-refractivity contribution is 6.00. The molecule has 112 valence electrons. The van der Waals surface area contributed by atoms with Crippen molar-refractivity contribution < 1.29 is 9.59 Å². The van der Waals surface area contributed by atoms with E-state index in [0.717, 1.165) is 18.5 Å². The van der Waals surface area contributed by atoms with Crippen LogP contribution >= 0.6 is 0 Å². The maximum absolute atomic E-state index is 12.4. The molecule has 5 nitrogen and oxygen atoms in total. The van der Waals surface area contributed by atoms with E-state index in [9.17, 15) is 9.59 Å². The van der Waals surface area contributed by atoms with Crippen LogP contribution in [0.5, 0.6) is 0 Å². The average Bonchev–Trinajstić information content (AvgIpc) is 2.59. The van der Waals surface area contributed by atoms with Gasteiger partial charge in [0.2, 0.25) is 5.91 Å². The van der Waals surface area contributed by atoms with Crippen LogP contribution in [0.2, 0.25) is 0 Å². The van der Waals surface area contributed by atoms with Crippen LogP contribution < -0.4 is 10.2 Å². The van der Waals surface area contributed by atoms with Crippen LogP contribution in [0.15, 0.2) is 48.7 Å². The lowest BCUT2D eigenvalue weighted by molar-refractivity contribution is -0.117. The summed E-state index contributed by atoms with van der Waals surface area (Å²) in [6.45, 7) is 0.666. The van der Waals surface area contributed by atoms with Crippen LogP contribution in [0, 0.1) is 0 Å². The summed E-state index contributed by atoms with van der Waals surface area (Å²) in [5.74, 6) is -0.435. The zero-order valence-corrected chi connectivity index (χ0v) is 12.2. The number of aromatic nitrogens is 1. The van der Waals surface area contributed by atoms with E-state index in [2.05, 4.69) is 10.3 Å². The highest BCUT2D eigenvalue weighted by atomic mass is 16.2. The molecule has 1 aliphatic heterocycles. The van der Waals surface area contributed by atoms with Gasteiger partial charge in [0.25, 0.3) is 5.91 Å². The summed E-state index contributed by atoms with van der Waals surface area (Å²) in [6.07, 6.45) is 3.48. The van der Waals surface area contributed by atoms with Crippen molar-refractivity contribution in [3.8, 4) is 0 Å². The molecule has 3 rings (SSSR count). The van der Waals surface area contributed by atoms with Crippen molar-refractivity contribution in [1.29, 1.82) is 0 Å². The van der Waals surface area contributed by atoms with E-state index in [1.807, 2.05) is 24.3 Å². The van der Waals surface area contributed by atoms with Crippen LogP contribution in [0.1, 0.15) is 22.5 Å². The molecule has 0 aliphatic carbocycles. The summed E-state index contributed by atoms with van der Waals surface area (Å²) >= 11 is 0. The molecule has 5 heteroatoms. The van der Waals surface area contributed by atoms with Gasteiger partial charge < -0.3 is 10.2 Å². The molecule has 2 aromatic rings. The van der Waals surface area contributed by atoms with Crippen molar-refractivity contribution in [1.82, 2.24) is 10.3 Å². The lowest BCUT2D eigenvalue weighted by atomic mass is 10.0. The van der Waals surface area contributed by atoms with E-state index in [1.54, 1.807) is 29.3 Å². The Balaban J connectivity index is 1.65. The van der Waals surface area contributed by atoms with Crippen molar-refractivity contribution in [3.05, 3.63) is 59.9 Å². The number of nitrogens with zero attached hydrogens (tertiary/aromatic N) is 2. The minimum absolute atomic E-state index is 0.0241. The summed E-state index contributed by atoms with van der Waals surface area (Å²) in [5, 5.41) is 2.63. The standard InChI is InChI=1S/C17H17N3O2/c21-16(12-19-17(22)14-8-3-4-10-18-14)20-11-5-7-13-6-1-2-9-15(13)20/h1-4,6,8-10H,5,7,11-12H2,(H,19,22). The van der Waals surface area contributed by atoms with E-state index in [-0.39, 0.29) is 18.4 Å². The van der Waals surface area contributed by atoms with E-state index in [0.29, 0.717) is 12.2 Å². The summed E-state index contributed by atoms with van der Waals surface area (Å²) in [4.78, 5) is 30.0. The fourth-order valence-electron chi connectivity index (χ4n) is 2.63. The molecule has 1 aliphatic rings. The molecule has 0 radical (unpaired) electrons. The minimum Gasteiger partial charge on any atom is -0.342 e. The number of rotatable bonds is 3. The van der Waals surface area contributed by atoms with Crippen molar-refractivity contribution >= 4 is 17.5 Å². The fourth-order valence-corrected chi connectivity index (χ4v) is 2.63. The minimum atomic E-state index is -0.334. The van der Waals surface area contributed by atoms with Gasteiger partial charge in [0.1, 0.15) is 5.69 Å². The van der Waals surface area contributed by atoms with Gasteiger partial charge in [-0.1, -0.05) is 24.3 Å². The molecule has 1 N–H and O–H groups in total. The number of fused-ring (bicyclic) bond motifs is 1. The number of benzene rings is 1. The van der Waals surface area contributed by atoms with Crippen LogP contribution in [-0.4, -0.2) is 29.9 Å². The largest absolute Gasteiger partial charge is 0.342 e. The monoisotopic (exact) mass is 295 g/mol. The maximum atomic E-state index is 12.4. The molecule has 22 heavy (non-hydrogen) atoms. The molecule has 2 heterocycles. The zero-order valence-electron chi connectivity index (χ0n) is 12.2. The lowest BCUT2D eigenvalue weighted by Crippen LogP contribution is -2.42. The van der Waals surface area contributed by atoms with Crippen LogP contribution in [0.25, 0.3) is 0 Å². The smallest absolute Gasteiger partial charge is 0.270 e. The second-order valence-electron chi connectivity index (χ2n) is 5.18. The van der Waals surface area contributed by atoms with E-state index in [1.165, 1.54) is 5.56 Å². The van der Waals surface area contributed by atoms with Gasteiger partial charge >= 0.3 is 0 Å². The van der Waals surface area contributed by atoms with Gasteiger partial charge in [-0.25, -0.2) is 0 Å². The Morgan fingerprint density at radius 1 is 1.14 bits per heavy atom. The predicted octanol–water partition coefficient (Wildman–Crippen LogP) is 1.79. The van der Waals surface area contributed by atoms with Crippen molar-refractivity contribution in [3.63, 3.8) is 0 Å². The van der Waals surface area contributed by atoms with Gasteiger partial charge in [-0.2, -0.15) is 0 Å². The number of pyridine rings is 1. The molecule has 2 amide bonds. The molecule has 0 unspecified atom stereocenters. The van der Waals surface area contributed by atoms with Gasteiger partial charge in [0.15, 0.2) is 0 Å². The number of anilines is 1. The van der Waals surface area contributed by atoms with Gasteiger partial charge in [-0.3, -0.25) is 14.6 Å². The first-order valence-electron chi connectivity index (χ1n) is 7.33. The highest BCUT2D eigenvalue weighted by Crippen LogP contribution is 2.26. The first kappa shape index (κ1) is 14.3. The molecule has 1 aromatic carbocycles. The van der Waals surface area contributed by atoms with Crippen LogP contribution in [0.3, 0.4) is 0 Å². The number of para-hydroxylation sites is 1. The maximum Gasteiger partial charge on any atom is 0.270 e. The Labute approximate surface area is 129 Å². The van der Waals surface area contributed by atoms with Gasteiger partial charge in [-0.05, 0) is 36.6 Å². The molecular weight excluding hydrogens is 278 g/mol. The number of hydrogen-bond donors (Lipinski definition) is 1. The number of amides is 2. The van der Waals surface area contributed by atoms with Crippen molar-refractivity contribution in [2.45, 2.75) is 12.8 Å². The van der Waals surface area contributed by atoms with Crippen LogP contribution in [-0.2, 0) is 11.2 Å². The molecule has 0 spiro atoms. The average molecular weight is 295 g/mol. The third kappa shape index (κ3) is 2.98. The van der Waals surface area contributed by atoms with Gasteiger partial charge in [-0.15, -0.1) is 0 Å². The predicted molar refractivity (Wildman–Crippen MR) is 83.7 cm³/mol. The van der Waals surface area contributed by atoms with Crippen molar-refractivity contribution in [2.75, 3.05) is 18.0 Å². The molecule has 0 atom stereocenters. The first-order valence-corrected chi connectivity index (χ1v) is 7.33. The summed E-state index contributed by atoms with van der Waals surface area (Å²) in [6, 6.07) is 13.0. The molecule has 0 saturated heterocycles. The Morgan fingerprint density at radius 3 is 2.77 bits per heavy atom. The number of nitrogens with one attached hydrogen (secondary N) is 1. The SMILES string of the molecule is O=C(NCC(=O)N1CCCc2ccccc21)c1ccccn1. The van der Waals surface area contributed by atoms with E-state index < -0.39 is 0 Å². The lowest BCUT2D eigenvalue weighted by Gasteiger charge is -2.29. The number of carbonyl (C=O) groups excluding carboxylic acids is 2. The number of hydrogen-bond acceptors (Lipinski definition) is 3. The molecule has 1 aromatic heterocycles. The Hall–Kier alpha value is -2.69. The van der Waals surface area contributed by atoms with Gasteiger partial charge in [0.05, 0.1) is 6.54 Å². The number of carbonyl (C=O) groups is 2. The Kier molecular flexibility index (Phi) is 4.14. The van der Waals surface area contributed by atoms with Gasteiger partial charge in [0, 0.05) is 18.4 Å². The summed E-state index contributed by atoms with van der Waals surface area (Å²) in [7, 11) is 0. The van der Waals surface area contributed by atoms with E-state index in [4.69, 9.17) is 0 Å². The first-order chi connectivity index (χ1) is 10.8.